The molecule has 2 amide bonds. The lowest BCUT2D eigenvalue weighted by molar-refractivity contribution is -0.140. The molecule has 0 radical (unpaired) electrons. The average molecular weight is 445 g/mol. The predicted molar refractivity (Wildman–Crippen MR) is 121 cm³/mol. The van der Waals surface area contributed by atoms with Crippen molar-refractivity contribution < 1.29 is 14.3 Å². The summed E-state index contributed by atoms with van der Waals surface area (Å²) in [6.07, 6.45) is 3.35. The fourth-order valence-electron chi connectivity index (χ4n) is 5.14. The highest BCUT2D eigenvalue weighted by molar-refractivity contribution is 5.82. The highest BCUT2D eigenvalue weighted by atomic mass is 16.5. The molecule has 1 N–H and O–H groups in total. The van der Waals surface area contributed by atoms with E-state index >= 15 is 0 Å². The van der Waals surface area contributed by atoms with Crippen molar-refractivity contribution in [2.24, 2.45) is 0 Å². The molecule has 32 heavy (non-hydrogen) atoms. The number of nitrogens with one attached hydrogen (secondary N) is 1. The Bertz CT molecular complexity index is 816. The summed E-state index contributed by atoms with van der Waals surface area (Å²) in [5, 5.41) is 3.21. The summed E-state index contributed by atoms with van der Waals surface area (Å²) in [5.41, 5.74) is 2.08. The Kier molecular flexibility index (Phi) is 7.25. The predicted octanol–water partition coefficient (Wildman–Crippen LogP) is 1.24. The number of anilines is 1. The first-order valence-corrected chi connectivity index (χ1v) is 11.9. The van der Waals surface area contributed by atoms with Gasteiger partial charge < -0.3 is 19.9 Å². The summed E-state index contributed by atoms with van der Waals surface area (Å²) in [7, 11) is 1.87. The maximum atomic E-state index is 13.2. The van der Waals surface area contributed by atoms with Gasteiger partial charge in [-0.15, -0.1) is 0 Å². The number of fused-ring (bicyclic) bond motifs is 1. The minimum atomic E-state index is -0.0458. The van der Waals surface area contributed by atoms with Crippen LogP contribution in [0.2, 0.25) is 0 Å². The number of morpholine rings is 1. The number of carbonyl (C=O) groups is 2. The van der Waals surface area contributed by atoms with E-state index in [1.165, 1.54) is 0 Å². The van der Waals surface area contributed by atoms with Crippen molar-refractivity contribution in [2.75, 3.05) is 58.3 Å². The van der Waals surface area contributed by atoms with Gasteiger partial charge in [-0.1, -0.05) is 6.92 Å². The number of amides is 2. The molecule has 0 aliphatic carbocycles. The molecule has 0 spiro atoms. The van der Waals surface area contributed by atoms with E-state index in [-0.39, 0.29) is 23.8 Å². The van der Waals surface area contributed by atoms with E-state index < -0.39 is 0 Å². The van der Waals surface area contributed by atoms with Crippen LogP contribution in [0.1, 0.15) is 56.1 Å². The SMILES string of the molecule is CC[C@H](C(=O)N1CCC(c2nc3c(c(NC)n2)CN(C(C)=O)CC3)CC1)N1CCOCC1. The molecule has 3 aliphatic heterocycles. The molecular formula is C23H36N6O3. The van der Waals surface area contributed by atoms with Crippen molar-refractivity contribution in [1.29, 1.82) is 0 Å². The molecule has 1 atom stereocenters. The molecule has 4 rings (SSSR count). The third kappa shape index (κ3) is 4.73. The molecule has 0 aromatic carbocycles. The van der Waals surface area contributed by atoms with Gasteiger partial charge in [0.15, 0.2) is 0 Å². The number of rotatable bonds is 5. The van der Waals surface area contributed by atoms with Crippen molar-refractivity contribution in [2.45, 2.75) is 58.0 Å². The molecule has 0 bridgehead atoms. The maximum absolute atomic E-state index is 13.2. The molecular weight excluding hydrogens is 408 g/mol. The Morgan fingerprint density at radius 2 is 1.81 bits per heavy atom. The zero-order valence-electron chi connectivity index (χ0n) is 19.6. The Labute approximate surface area is 190 Å². The number of hydrogen-bond acceptors (Lipinski definition) is 7. The van der Waals surface area contributed by atoms with E-state index in [2.05, 4.69) is 17.1 Å². The van der Waals surface area contributed by atoms with Crippen molar-refractivity contribution >= 4 is 17.6 Å². The van der Waals surface area contributed by atoms with Crippen molar-refractivity contribution in [3.05, 3.63) is 17.1 Å². The summed E-state index contributed by atoms with van der Waals surface area (Å²) in [6.45, 7) is 9.54. The van der Waals surface area contributed by atoms with Gasteiger partial charge in [0, 0.05) is 64.6 Å². The fourth-order valence-corrected chi connectivity index (χ4v) is 5.14. The van der Waals surface area contributed by atoms with Crippen molar-refractivity contribution in [3.63, 3.8) is 0 Å². The number of likely N-dealkylation sites (tertiary alicyclic amines) is 1. The Balaban J connectivity index is 1.42. The lowest BCUT2D eigenvalue weighted by Gasteiger charge is -2.38. The molecule has 1 aromatic heterocycles. The molecule has 0 saturated carbocycles. The molecule has 176 valence electrons. The molecule has 2 saturated heterocycles. The maximum Gasteiger partial charge on any atom is 0.239 e. The van der Waals surface area contributed by atoms with Crippen LogP contribution in [-0.4, -0.2) is 95.5 Å². The van der Waals surface area contributed by atoms with E-state index in [0.717, 1.165) is 74.8 Å². The van der Waals surface area contributed by atoms with Crippen LogP contribution in [0.3, 0.4) is 0 Å². The monoisotopic (exact) mass is 444 g/mol. The van der Waals surface area contributed by atoms with E-state index in [4.69, 9.17) is 14.7 Å². The second kappa shape index (κ2) is 10.1. The second-order valence-corrected chi connectivity index (χ2v) is 8.97. The smallest absolute Gasteiger partial charge is 0.239 e. The van der Waals surface area contributed by atoms with Gasteiger partial charge in [-0.2, -0.15) is 0 Å². The Morgan fingerprint density at radius 1 is 1.09 bits per heavy atom. The molecule has 9 nitrogen and oxygen atoms in total. The Hall–Kier alpha value is -2.26. The lowest BCUT2D eigenvalue weighted by atomic mass is 9.94. The molecule has 0 unspecified atom stereocenters. The fraction of sp³-hybridized carbons (Fsp3) is 0.739. The first kappa shape index (κ1) is 22.9. The highest BCUT2D eigenvalue weighted by Crippen LogP contribution is 2.31. The summed E-state index contributed by atoms with van der Waals surface area (Å²) in [5.74, 6) is 2.29. The summed E-state index contributed by atoms with van der Waals surface area (Å²) in [6, 6.07) is -0.0458. The van der Waals surface area contributed by atoms with Crippen molar-refractivity contribution in [1.82, 2.24) is 24.7 Å². The minimum Gasteiger partial charge on any atom is -0.379 e. The number of aromatic nitrogens is 2. The quantitative estimate of drug-likeness (QED) is 0.731. The van der Waals surface area contributed by atoms with Crippen LogP contribution in [0.15, 0.2) is 0 Å². The largest absolute Gasteiger partial charge is 0.379 e. The van der Waals surface area contributed by atoms with Gasteiger partial charge in [-0.05, 0) is 19.3 Å². The molecule has 9 heteroatoms. The van der Waals surface area contributed by atoms with Gasteiger partial charge in [0.25, 0.3) is 0 Å². The number of nitrogens with zero attached hydrogens (tertiary/aromatic N) is 5. The van der Waals surface area contributed by atoms with Crippen LogP contribution < -0.4 is 5.32 Å². The summed E-state index contributed by atoms with van der Waals surface area (Å²) >= 11 is 0. The third-order valence-electron chi connectivity index (χ3n) is 7.09. The van der Waals surface area contributed by atoms with Gasteiger partial charge in [-0.25, -0.2) is 9.97 Å². The van der Waals surface area contributed by atoms with E-state index in [1.807, 2.05) is 16.8 Å². The number of carbonyl (C=O) groups excluding carboxylic acids is 2. The lowest BCUT2D eigenvalue weighted by Crippen LogP contribution is -2.53. The summed E-state index contributed by atoms with van der Waals surface area (Å²) in [4.78, 5) is 40.9. The van der Waals surface area contributed by atoms with Crippen LogP contribution in [0.5, 0.6) is 0 Å². The molecule has 1 aromatic rings. The first-order valence-electron chi connectivity index (χ1n) is 11.9. The number of piperidine rings is 1. The molecule has 2 fully saturated rings. The number of hydrogen-bond donors (Lipinski definition) is 1. The van der Waals surface area contributed by atoms with E-state index in [9.17, 15) is 9.59 Å². The average Bonchev–Trinajstić information content (AvgIpc) is 2.84. The van der Waals surface area contributed by atoms with E-state index in [0.29, 0.717) is 26.3 Å². The van der Waals surface area contributed by atoms with Crippen LogP contribution in [-0.2, 0) is 27.3 Å². The molecule has 4 heterocycles. The molecule has 3 aliphatic rings. The van der Waals surface area contributed by atoms with Gasteiger partial charge in [0.2, 0.25) is 11.8 Å². The normalized spacial score (nSPS) is 21.2. The highest BCUT2D eigenvalue weighted by Gasteiger charge is 2.33. The van der Waals surface area contributed by atoms with Gasteiger partial charge in [-0.3, -0.25) is 14.5 Å². The van der Waals surface area contributed by atoms with Crippen LogP contribution in [0.4, 0.5) is 5.82 Å². The van der Waals surface area contributed by atoms with Gasteiger partial charge in [0.1, 0.15) is 11.6 Å². The van der Waals surface area contributed by atoms with Gasteiger partial charge >= 0.3 is 0 Å². The second-order valence-electron chi connectivity index (χ2n) is 8.97. The minimum absolute atomic E-state index is 0.0458. The zero-order valence-corrected chi connectivity index (χ0v) is 19.6. The standard InChI is InChI=1S/C23H36N6O3/c1-4-20(27-11-13-32-14-12-27)23(31)28-8-5-17(6-9-28)21-25-19-7-10-29(16(2)30)15-18(19)22(24-3)26-21/h17,20H,4-15H2,1-3H3,(H,24,25,26)/t20-/m1/s1. The van der Waals surface area contributed by atoms with Gasteiger partial charge in [0.05, 0.1) is 31.5 Å². The topological polar surface area (TPSA) is 90.9 Å². The zero-order chi connectivity index (χ0) is 22.7. The third-order valence-corrected chi connectivity index (χ3v) is 7.09. The van der Waals surface area contributed by atoms with Crippen LogP contribution >= 0.6 is 0 Å². The number of ether oxygens (including phenoxy) is 1. The van der Waals surface area contributed by atoms with E-state index in [1.54, 1.807) is 6.92 Å². The first-order chi connectivity index (χ1) is 15.5. The van der Waals surface area contributed by atoms with Crippen LogP contribution in [0, 0.1) is 0 Å². The van der Waals surface area contributed by atoms with Crippen LogP contribution in [0.25, 0.3) is 0 Å². The van der Waals surface area contributed by atoms with Crippen molar-refractivity contribution in [3.8, 4) is 0 Å². The summed E-state index contributed by atoms with van der Waals surface area (Å²) < 4.78 is 5.45. The Morgan fingerprint density at radius 3 is 2.44 bits per heavy atom.